The molecule has 0 spiro atoms. The Morgan fingerprint density at radius 1 is 0.923 bits per heavy atom. The maximum atomic E-state index is 13.8. The Morgan fingerprint density at radius 2 is 1.64 bits per heavy atom. The standard InChI is InChI=1S/C32H29ClN2O4/c33-25-3-1-2-23(11-25)28(36)34-26-8-6-21(7-9-26)22-4-5-24-17-35(29(37)27(24)12-22)32-15-19-10-20(16-32)14-31(13-19,18-32)30(38)39/h1-9,11-12,19-20H,10,13-18H2,(H,34,36)(H,38,39)/t19-,20+,31+,32-. The number of aliphatic carboxylic acids is 1. The van der Waals surface area contributed by atoms with E-state index < -0.39 is 11.4 Å². The lowest BCUT2D eigenvalue weighted by atomic mass is 9.46. The van der Waals surface area contributed by atoms with Gasteiger partial charge in [-0.25, -0.2) is 0 Å². The van der Waals surface area contributed by atoms with Gasteiger partial charge in [0.2, 0.25) is 0 Å². The number of carbonyl (C=O) groups is 3. The molecular formula is C32H29ClN2O4. The highest BCUT2D eigenvalue weighted by Crippen LogP contribution is 2.64. The lowest BCUT2D eigenvalue weighted by Gasteiger charge is -2.62. The van der Waals surface area contributed by atoms with Gasteiger partial charge in [0.15, 0.2) is 0 Å². The monoisotopic (exact) mass is 540 g/mol. The molecular weight excluding hydrogens is 512 g/mol. The van der Waals surface area contributed by atoms with E-state index in [1.807, 2.05) is 47.4 Å². The SMILES string of the molecule is O=C(Nc1ccc(-c2ccc3c(c2)C(=O)N([C@@]24C[C@@H]5C[C@@H](C[C@@](C(=O)O)(C5)C2)C4)C3)cc1)c1cccc(Cl)c1. The number of amides is 2. The van der Waals surface area contributed by atoms with Crippen molar-refractivity contribution in [3.63, 3.8) is 0 Å². The minimum Gasteiger partial charge on any atom is -0.481 e. The highest BCUT2D eigenvalue weighted by Gasteiger charge is 2.63. The summed E-state index contributed by atoms with van der Waals surface area (Å²) in [5.74, 6) is -0.0956. The van der Waals surface area contributed by atoms with Crippen LogP contribution in [0.15, 0.2) is 66.7 Å². The molecule has 8 rings (SSSR count). The second kappa shape index (κ2) is 8.68. The van der Waals surface area contributed by atoms with Gasteiger partial charge in [-0.3, -0.25) is 14.4 Å². The molecule has 1 heterocycles. The largest absolute Gasteiger partial charge is 0.481 e. The van der Waals surface area contributed by atoms with E-state index in [4.69, 9.17) is 11.6 Å². The number of carboxylic acid groups (broad SMARTS) is 1. The van der Waals surface area contributed by atoms with Gasteiger partial charge in [0.05, 0.1) is 5.41 Å². The second-order valence-corrected chi connectivity index (χ2v) is 12.5. The molecule has 4 bridgehead atoms. The van der Waals surface area contributed by atoms with Crippen LogP contribution in [0.25, 0.3) is 11.1 Å². The van der Waals surface area contributed by atoms with Crippen LogP contribution in [0.2, 0.25) is 5.02 Å². The van der Waals surface area contributed by atoms with Crippen molar-refractivity contribution in [2.75, 3.05) is 5.32 Å². The molecule has 6 nitrogen and oxygen atoms in total. The molecule has 3 aromatic carbocycles. The van der Waals surface area contributed by atoms with Gasteiger partial charge < -0.3 is 15.3 Å². The number of fused-ring (bicyclic) bond motifs is 1. The van der Waals surface area contributed by atoms with Gasteiger partial charge in [-0.05, 0) is 103 Å². The number of carbonyl (C=O) groups excluding carboxylic acids is 2. The molecule has 4 atom stereocenters. The Kier molecular flexibility index (Phi) is 5.43. The molecule has 1 aliphatic heterocycles. The van der Waals surface area contributed by atoms with Gasteiger partial charge in [-0.1, -0.05) is 41.9 Å². The Morgan fingerprint density at radius 3 is 2.33 bits per heavy atom. The van der Waals surface area contributed by atoms with E-state index in [1.165, 1.54) is 0 Å². The van der Waals surface area contributed by atoms with Crippen LogP contribution in [0, 0.1) is 17.3 Å². The van der Waals surface area contributed by atoms with Crippen molar-refractivity contribution in [1.29, 1.82) is 0 Å². The van der Waals surface area contributed by atoms with Gasteiger partial charge in [-0.15, -0.1) is 0 Å². The van der Waals surface area contributed by atoms with E-state index in [9.17, 15) is 19.5 Å². The molecule has 198 valence electrons. The van der Waals surface area contributed by atoms with Crippen molar-refractivity contribution in [3.8, 4) is 11.1 Å². The van der Waals surface area contributed by atoms with Crippen LogP contribution in [0.4, 0.5) is 5.69 Å². The van der Waals surface area contributed by atoms with Gasteiger partial charge in [-0.2, -0.15) is 0 Å². The van der Waals surface area contributed by atoms with Crippen LogP contribution in [0.5, 0.6) is 0 Å². The third kappa shape index (κ3) is 3.96. The first kappa shape index (κ1) is 24.4. The fourth-order valence-electron chi connectivity index (χ4n) is 8.22. The van der Waals surface area contributed by atoms with Gasteiger partial charge in [0.1, 0.15) is 0 Å². The van der Waals surface area contributed by atoms with Crippen LogP contribution in [-0.2, 0) is 11.3 Å². The fraction of sp³-hybridized carbons (Fsp3) is 0.344. The number of rotatable bonds is 5. The topological polar surface area (TPSA) is 86.7 Å². The number of hydrogen-bond acceptors (Lipinski definition) is 3. The van der Waals surface area contributed by atoms with Crippen molar-refractivity contribution < 1.29 is 19.5 Å². The van der Waals surface area contributed by atoms with Crippen LogP contribution >= 0.6 is 11.6 Å². The molecule has 7 heteroatoms. The number of nitrogens with one attached hydrogen (secondary N) is 1. The van der Waals surface area contributed by atoms with E-state index in [0.717, 1.165) is 48.8 Å². The highest BCUT2D eigenvalue weighted by atomic mass is 35.5. The summed E-state index contributed by atoms with van der Waals surface area (Å²) in [4.78, 5) is 40.8. The highest BCUT2D eigenvalue weighted by molar-refractivity contribution is 6.31. The maximum Gasteiger partial charge on any atom is 0.309 e. The molecule has 39 heavy (non-hydrogen) atoms. The van der Waals surface area contributed by atoms with Gasteiger partial charge >= 0.3 is 5.97 Å². The van der Waals surface area contributed by atoms with E-state index in [1.54, 1.807) is 24.3 Å². The summed E-state index contributed by atoms with van der Waals surface area (Å²) in [5, 5.41) is 13.5. The summed E-state index contributed by atoms with van der Waals surface area (Å²) >= 11 is 6.01. The van der Waals surface area contributed by atoms with Crippen molar-refractivity contribution in [2.24, 2.45) is 17.3 Å². The predicted octanol–water partition coefficient (Wildman–Crippen LogP) is 6.64. The minimum atomic E-state index is -0.681. The second-order valence-electron chi connectivity index (χ2n) is 12.1. The zero-order chi connectivity index (χ0) is 26.9. The molecule has 0 radical (unpaired) electrons. The number of benzene rings is 3. The molecule has 0 unspecified atom stereocenters. The maximum absolute atomic E-state index is 13.8. The smallest absolute Gasteiger partial charge is 0.309 e. The fourth-order valence-corrected chi connectivity index (χ4v) is 8.41. The zero-order valence-corrected chi connectivity index (χ0v) is 22.2. The Labute approximate surface area is 232 Å². The van der Waals surface area contributed by atoms with Gasteiger partial charge in [0.25, 0.3) is 11.8 Å². The number of halogens is 1. The summed E-state index contributed by atoms with van der Waals surface area (Å²) in [5.41, 5.74) is 3.74. The third-order valence-electron chi connectivity index (χ3n) is 9.53. The molecule has 4 saturated carbocycles. The summed E-state index contributed by atoms with van der Waals surface area (Å²) < 4.78 is 0. The molecule has 2 N–H and O–H groups in total. The predicted molar refractivity (Wildman–Crippen MR) is 149 cm³/mol. The Balaban J connectivity index is 1.11. The Bertz CT molecular complexity index is 1520. The zero-order valence-electron chi connectivity index (χ0n) is 21.5. The summed E-state index contributed by atoms with van der Waals surface area (Å²) in [7, 11) is 0. The van der Waals surface area contributed by atoms with Crippen LogP contribution in [-0.4, -0.2) is 33.3 Å². The summed E-state index contributed by atoms with van der Waals surface area (Å²) in [6.45, 7) is 0.554. The lowest BCUT2D eigenvalue weighted by Crippen LogP contribution is -2.64. The molecule has 0 saturated heterocycles. The van der Waals surface area contributed by atoms with Crippen LogP contribution < -0.4 is 5.32 Å². The summed E-state index contributed by atoms with van der Waals surface area (Å²) in [6.07, 6.45) is 5.05. The van der Waals surface area contributed by atoms with Crippen LogP contribution in [0.3, 0.4) is 0 Å². The summed E-state index contributed by atoms with van der Waals surface area (Å²) in [6, 6.07) is 20.4. The van der Waals surface area contributed by atoms with Crippen LogP contribution in [0.1, 0.15) is 64.8 Å². The number of nitrogens with zero attached hydrogens (tertiary/aromatic N) is 1. The normalized spacial score (nSPS) is 28.4. The molecule has 4 aliphatic carbocycles. The Hall–Kier alpha value is -3.64. The van der Waals surface area contributed by atoms with E-state index in [0.29, 0.717) is 46.6 Å². The molecule has 5 aliphatic rings. The molecule has 2 amide bonds. The van der Waals surface area contributed by atoms with E-state index >= 15 is 0 Å². The van der Waals surface area contributed by atoms with Crippen molar-refractivity contribution >= 4 is 35.1 Å². The van der Waals surface area contributed by atoms with E-state index in [2.05, 4.69) is 5.32 Å². The van der Waals surface area contributed by atoms with E-state index in [-0.39, 0.29) is 17.4 Å². The third-order valence-corrected chi connectivity index (χ3v) is 9.77. The van der Waals surface area contributed by atoms with Gasteiger partial charge in [0, 0.05) is 33.9 Å². The molecule has 3 aromatic rings. The molecule has 4 fully saturated rings. The first-order valence-electron chi connectivity index (χ1n) is 13.6. The quantitative estimate of drug-likeness (QED) is 0.380. The minimum absolute atomic E-state index is 0.0275. The number of hydrogen-bond donors (Lipinski definition) is 2. The number of carboxylic acids is 1. The first-order chi connectivity index (χ1) is 18.7. The average Bonchev–Trinajstić information content (AvgIpc) is 3.25. The van der Waals surface area contributed by atoms with Crippen molar-refractivity contribution in [3.05, 3.63) is 88.4 Å². The van der Waals surface area contributed by atoms with Crippen molar-refractivity contribution in [1.82, 2.24) is 4.90 Å². The van der Waals surface area contributed by atoms with Crippen molar-refractivity contribution in [2.45, 2.75) is 50.6 Å². The lowest BCUT2D eigenvalue weighted by molar-refractivity contribution is -0.175. The molecule has 0 aromatic heterocycles. The number of anilines is 1. The average molecular weight is 541 g/mol. The first-order valence-corrected chi connectivity index (χ1v) is 14.0.